The number of aromatic nitrogens is 2. The van der Waals surface area contributed by atoms with Gasteiger partial charge in [-0.1, -0.05) is 18.2 Å². The first-order valence-corrected chi connectivity index (χ1v) is 7.33. The summed E-state index contributed by atoms with van der Waals surface area (Å²) in [6.45, 7) is 2.94. The molecule has 0 spiro atoms. The van der Waals surface area contributed by atoms with E-state index in [1.54, 1.807) is 0 Å². The molecule has 20 heavy (non-hydrogen) atoms. The van der Waals surface area contributed by atoms with Gasteiger partial charge < -0.3 is 10.2 Å². The van der Waals surface area contributed by atoms with Gasteiger partial charge in [-0.25, -0.2) is 0 Å². The molecule has 0 unspecified atom stereocenters. The maximum Gasteiger partial charge on any atom is 0.156 e. The summed E-state index contributed by atoms with van der Waals surface area (Å²) in [6.07, 6.45) is 3.32. The largest absolute Gasteiger partial charge is 0.325 e. The van der Waals surface area contributed by atoms with Crippen LogP contribution in [0.4, 0.5) is 11.5 Å². The van der Waals surface area contributed by atoms with Crippen LogP contribution in [-0.4, -0.2) is 23.3 Å². The van der Waals surface area contributed by atoms with Gasteiger partial charge in [-0.15, -0.1) is 5.10 Å². The third-order valence-corrected chi connectivity index (χ3v) is 4.19. The summed E-state index contributed by atoms with van der Waals surface area (Å²) in [5.74, 6) is 0.986. The van der Waals surface area contributed by atoms with Crippen molar-refractivity contribution in [3.05, 3.63) is 47.2 Å². The van der Waals surface area contributed by atoms with Crippen LogP contribution < -0.4 is 10.2 Å². The van der Waals surface area contributed by atoms with E-state index in [0.717, 1.165) is 44.0 Å². The summed E-state index contributed by atoms with van der Waals surface area (Å²) >= 11 is 0. The fourth-order valence-corrected chi connectivity index (χ4v) is 3.14. The van der Waals surface area contributed by atoms with Gasteiger partial charge in [0.1, 0.15) is 0 Å². The molecule has 1 aromatic heterocycles. The molecule has 2 aliphatic heterocycles. The predicted molar refractivity (Wildman–Crippen MR) is 79.2 cm³/mol. The first-order valence-electron chi connectivity index (χ1n) is 7.33. The molecule has 1 N–H and O–H groups in total. The summed E-state index contributed by atoms with van der Waals surface area (Å²) in [6, 6.07) is 10.8. The number of rotatable bonds is 1. The molecule has 1 aromatic carbocycles. The molecule has 0 fully saturated rings. The maximum atomic E-state index is 4.46. The lowest BCUT2D eigenvalue weighted by Gasteiger charge is -2.30. The number of nitrogens with zero attached hydrogens (tertiary/aromatic N) is 3. The Morgan fingerprint density at radius 1 is 1.05 bits per heavy atom. The van der Waals surface area contributed by atoms with E-state index in [4.69, 9.17) is 0 Å². The van der Waals surface area contributed by atoms with Crippen molar-refractivity contribution in [2.24, 2.45) is 0 Å². The molecule has 0 saturated carbocycles. The summed E-state index contributed by atoms with van der Waals surface area (Å²) in [5.41, 5.74) is 5.15. The second kappa shape index (κ2) is 4.87. The fraction of sp³-hybridized carbons (Fsp3) is 0.375. The molecule has 0 amide bonds. The van der Waals surface area contributed by atoms with Crippen molar-refractivity contribution in [2.75, 3.05) is 18.0 Å². The van der Waals surface area contributed by atoms with Crippen molar-refractivity contribution in [1.29, 1.82) is 0 Å². The van der Waals surface area contributed by atoms with Crippen molar-refractivity contribution in [3.63, 3.8) is 0 Å². The highest BCUT2D eigenvalue weighted by atomic mass is 15.3. The van der Waals surface area contributed by atoms with Gasteiger partial charge in [0.2, 0.25) is 0 Å². The Bertz CT molecular complexity index is 638. The van der Waals surface area contributed by atoms with Crippen molar-refractivity contribution in [2.45, 2.75) is 25.8 Å². The standard InChI is InChI=1S/C16H18N4/c1-2-6-15-12(4-1)5-3-9-20(15)16-10-13-11-17-8-7-14(13)18-19-16/h1-2,4,6,10,17H,3,5,7-9,11H2. The van der Waals surface area contributed by atoms with Crippen LogP contribution in [0.2, 0.25) is 0 Å². The van der Waals surface area contributed by atoms with E-state index in [1.165, 1.54) is 23.2 Å². The van der Waals surface area contributed by atoms with Gasteiger partial charge >= 0.3 is 0 Å². The molecule has 4 nitrogen and oxygen atoms in total. The van der Waals surface area contributed by atoms with E-state index >= 15 is 0 Å². The Hall–Kier alpha value is -1.94. The van der Waals surface area contributed by atoms with Crippen LogP contribution in [0.1, 0.15) is 23.2 Å². The number of hydrogen-bond donors (Lipinski definition) is 1. The Balaban J connectivity index is 1.75. The Labute approximate surface area is 118 Å². The SMILES string of the molecule is c1ccc2c(c1)CCCN2c1cc2c(nn1)CCNC2. The quantitative estimate of drug-likeness (QED) is 0.859. The number of aryl methyl sites for hydroxylation is 1. The zero-order valence-electron chi connectivity index (χ0n) is 11.5. The second-order valence-electron chi connectivity index (χ2n) is 5.49. The number of benzene rings is 1. The Morgan fingerprint density at radius 3 is 3.00 bits per heavy atom. The molecule has 4 rings (SSSR count). The topological polar surface area (TPSA) is 41.1 Å². The first kappa shape index (κ1) is 11.9. The van der Waals surface area contributed by atoms with Gasteiger partial charge in [0.15, 0.2) is 5.82 Å². The van der Waals surface area contributed by atoms with Crippen LogP contribution in [0.15, 0.2) is 30.3 Å². The van der Waals surface area contributed by atoms with Crippen LogP contribution in [0.3, 0.4) is 0 Å². The zero-order chi connectivity index (χ0) is 13.4. The van der Waals surface area contributed by atoms with E-state index in [0.29, 0.717) is 0 Å². The van der Waals surface area contributed by atoms with Crippen molar-refractivity contribution >= 4 is 11.5 Å². The average Bonchev–Trinajstić information content (AvgIpc) is 2.54. The number of para-hydroxylation sites is 1. The van der Waals surface area contributed by atoms with E-state index in [-0.39, 0.29) is 0 Å². The molecule has 0 atom stereocenters. The maximum absolute atomic E-state index is 4.46. The van der Waals surface area contributed by atoms with Crippen LogP contribution in [0.5, 0.6) is 0 Å². The average molecular weight is 266 g/mol. The number of anilines is 2. The summed E-state index contributed by atoms with van der Waals surface area (Å²) in [7, 11) is 0. The lowest BCUT2D eigenvalue weighted by atomic mass is 10.0. The highest BCUT2D eigenvalue weighted by Gasteiger charge is 2.20. The van der Waals surface area contributed by atoms with Gasteiger partial charge in [-0.2, -0.15) is 5.10 Å². The second-order valence-corrected chi connectivity index (χ2v) is 5.49. The minimum absolute atomic E-state index is 0.910. The molecular weight excluding hydrogens is 248 g/mol. The Kier molecular flexibility index (Phi) is 2.89. The minimum Gasteiger partial charge on any atom is -0.325 e. The fourth-order valence-electron chi connectivity index (χ4n) is 3.14. The molecule has 4 heteroatoms. The lowest BCUT2D eigenvalue weighted by Crippen LogP contribution is -2.28. The van der Waals surface area contributed by atoms with Crippen LogP contribution >= 0.6 is 0 Å². The van der Waals surface area contributed by atoms with Gasteiger partial charge in [-0.3, -0.25) is 0 Å². The molecular formula is C16H18N4. The molecule has 102 valence electrons. The third kappa shape index (κ3) is 1.96. The number of fused-ring (bicyclic) bond motifs is 2. The lowest BCUT2D eigenvalue weighted by molar-refractivity contribution is 0.619. The summed E-state index contributed by atoms with van der Waals surface area (Å²) in [4.78, 5) is 2.31. The monoisotopic (exact) mass is 266 g/mol. The van der Waals surface area contributed by atoms with Crippen molar-refractivity contribution in [1.82, 2.24) is 15.5 Å². The molecule has 0 radical (unpaired) electrons. The highest BCUT2D eigenvalue weighted by Crippen LogP contribution is 2.32. The van der Waals surface area contributed by atoms with Crippen LogP contribution in [0, 0.1) is 0 Å². The molecule has 2 aromatic rings. The van der Waals surface area contributed by atoms with E-state index < -0.39 is 0 Å². The zero-order valence-corrected chi connectivity index (χ0v) is 11.5. The number of hydrogen-bond acceptors (Lipinski definition) is 4. The van der Waals surface area contributed by atoms with Crippen molar-refractivity contribution < 1.29 is 0 Å². The smallest absolute Gasteiger partial charge is 0.156 e. The molecule has 0 aliphatic carbocycles. The first-order chi connectivity index (χ1) is 9.92. The van der Waals surface area contributed by atoms with Crippen LogP contribution in [0.25, 0.3) is 0 Å². The molecule has 2 aliphatic rings. The third-order valence-electron chi connectivity index (χ3n) is 4.19. The van der Waals surface area contributed by atoms with E-state index in [1.807, 2.05) is 0 Å². The van der Waals surface area contributed by atoms with E-state index in [9.17, 15) is 0 Å². The normalized spacial score (nSPS) is 17.5. The highest BCUT2D eigenvalue weighted by molar-refractivity contribution is 5.65. The number of nitrogens with one attached hydrogen (secondary N) is 1. The van der Waals surface area contributed by atoms with E-state index in [2.05, 4.69) is 50.7 Å². The molecule has 0 bridgehead atoms. The minimum atomic E-state index is 0.910. The molecule has 3 heterocycles. The van der Waals surface area contributed by atoms with Gasteiger partial charge in [-0.05, 0) is 36.1 Å². The van der Waals surface area contributed by atoms with Gasteiger partial charge in [0, 0.05) is 31.7 Å². The predicted octanol–water partition coefficient (Wildman–Crippen LogP) is 2.21. The van der Waals surface area contributed by atoms with Crippen molar-refractivity contribution in [3.8, 4) is 0 Å². The summed E-state index contributed by atoms with van der Waals surface area (Å²) in [5, 5.41) is 12.3. The van der Waals surface area contributed by atoms with Gasteiger partial charge in [0.25, 0.3) is 0 Å². The summed E-state index contributed by atoms with van der Waals surface area (Å²) < 4.78 is 0. The Morgan fingerprint density at radius 2 is 2.00 bits per heavy atom. The van der Waals surface area contributed by atoms with Gasteiger partial charge in [0.05, 0.1) is 5.69 Å². The van der Waals surface area contributed by atoms with Crippen LogP contribution in [-0.2, 0) is 19.4 Å². The molecule has 0 saturated heterocycles.